The standard InChI is InChI=1S/C19H18FNO4/c1-24-14-8-10-6-7-21-17(12(10)9-15(14)25-2)18(22)16-11(19(21)23)4-3-5-13(16)20/h3-5,8-9,17-18,22H,6-7H2,1-2H3/t17-,18+/m0/s1. The number of hydrogen-bond acceptors (Lipinski definition) is 4. The summed E-state index contributed by atoms with van der Waals surface area (Å²) >= 11 is 0. The molecule has 0 aliphatic carbocycles. The molecule has 0 radical (unpaired) electrons. The monoisotopic (exact) mass is 343 g/mol. The maximum absolute atomic E-state index is 14.3. The molecule has 0 spiro atoms. The van der Waals surface area contributed by atoms with Gasteiger partial charge in [-0.05, 0) is 41.8 Å². The first kappa shape index (κ1) is 15.9. The molecule has 2 heterocycles. The summed E-state index contributed by atoms with van der Waals surface area (Å²) in [6.07, 6.45) is -0.499. The highest BCUT2D eigenvalue weighted by Crippen LogP contribution is 2.47. The molecule has 0 saturated carbocycles. The molecular weight excluding hydrogens is 325 g/mol. The minimum atomic E-state index is -1.13. The van der Waals surface area contributed by atoms with Crippen LogP contribution < -0.4 is 9.47 Å². The van der Waals surface area contributed by atoms with E-state index in [0.29, 0.717) is 24.5 Å². The lowest BCUT2D eigenvalue weighted by Gasteiger charge is -2.44. The molecule has 5 nitrogen and oxygen atoms in total. The van der Waals surface area contributed by atoms with Gasteiger partial charge in [0, 0.05) is 17.7 Å². The molecule has 2 aromatic rings. The van der Waals surface area contributed by atoms with Crippen LogP contribution in [0.4, 0.5) is 4.39 Å². The van der Waals surface area contributed by atoms with E-state index in [0.717, 1.165) is 11.1 Å². The topological polar surface area (TPSA) is 59.0 Å². The van der Waals surface area contributed by atoms with E-state index in [1.165, 1.54) is 19.2 Å². The summed E-state index contributed by atoms with van der Waals surface area (Å²) in [5.74, 6) is 0.288. The van der Waals surface area contributed by atoms with Crippen LogP contribution in [0.3, 0.4) is 0 Å². The predicted molar refractivity (Wildman–Crippen MR) is 88.4 cm³/mol. The number of nitrogens with zero attached hydrogens (tertiary/aromatic N) is 1. The number of ether oxygens (including phenoxy) is 2. The van der Waals surface area contributed by atoms with E-state index < -0.39 is 18.0 Å². The van der Waals surface area contributed by atoms with Crippen molar-refractivity contribution < 1.29 is 23.8 Å². The van der Waals surface area contributed by atoms with E-state index in [4.69, 9.17) is 9.47 Å². The fourth-order valence-electron chi connectivity index (χ4n) is 3.88. The SMILES string of the molecule is COc1cc2c(cc1OC)[C@H]1[C@H](O)c3c(F)cccc3C(=O)N1CC2. The zero-order chi connectivity index (χ0) is 17.7. The average Bonchev–Trinajstić information content (AvgIpc) is 2.63. The molecule has 0 saturated heterocycles. The van der Waals surface area contributed by atoms with Crippen LogP contribution in [-0.4, -0.2) is 36.7 Å². The fourth-order valence-corrected chi connectivity index (χ4v) is 3.88. The summed E-state index contributed by atoms with van der Waals surface area (Å²) in [4.78, 5) is 14.4. The van der Waals surface area contributed by atoms with Gasteiger partial charge < -0.3 is 19.5 Å². The van der Waals surface area contributed by atoms with Crippen molar-refractivity contribution in [3.05, 3.63) is 58.4 Å². The average molecular weight is 343 g/mol. The molecule has 2 atom stereocenters. The number of hydrogen-bond donors (Lipinski definition) is 1. The highest BCUT2D eigenvalue weighted by atomic mass is 19.1. The van der Waals surface area contributed by atoms with Crippen molar-refractivity contribution in [1.82, 2.24) is 4.90 Å². The van der Waals surface area contributed by atoms with Crippen LogP contribution in [0.2, 0.25) is 0 Å². The fraction of sp³-hybridized carbons (Fsp3) is 0.316. The van der Waals surface area contributed by atoms with Crippen molar-refractivity contribution in [2.24, 2.45) is 0 Å². The number of benzene rings is 2. The molecule has 2 aromatic carbocycles. The molecule has 1 N–H and O–H groups in total. The smallest absolute Gasteiger partial charge is 0.254 e. The van der Waals surface area contributed by atoms with Crippen molar-refractivity contribution in [2.75, 3.05) is 20.8 Å². The summed E-state index contributed by atoms with van der Waals surface area (Å²) < 4.78 is 25.0. The number of carbonyl (C=O) groups is 1. The number of fused-ring (bicyclic) bond motifs is 4. The van der Waals surface area contributed by atoms with Crippen molar-refractivity contribution in [1.29, 1.82) is 0 Å². The molecule has 0 aromatic heterocycles. The summed E-state index contributed by atoms with van der Waals surface area (Å²) in [5, 5.41) is 10.9. The van der Waals surface area contributed by atoms with Gasteiger partial charge in [-0.2, -0.15) is 0 Å². The lowest BCUT2D eigenvalue weighted by Crippen LogP contribution is -2.46. The van der Waals surface area contributed by atoms with Crippen molar-refractivity contribution in [3.63, 3.8) is 0 Å². The van der Waals surface area contributed by atoms with Crippen LogP contribution in [0.1, 0.15) is 39.2 Å². The van der Waals surface area contributed by atoms with Gasteiger partial charge in [0.05, 0.1) is 20.3 Å². The predicted octanol–water partition coefficient (Wildman–Crippen LogP) is 2.63. The van der Waals surface area contributed by atoms with Crippen molar-refractivity contribution in [3.8, 4) is 11.5 Å². The Bertz CT molecular complexity index is 867. The van der Waals surface area contributed by atoms with Gasteiger partial charge >= 0.3 is 0 Å². The summed E-state index contributed by atoms with van der Waals surface area (Å²) in [7, 11) is 3.09. The van der Waals surface area contributed by atoms with Gasteiger partial charge in [-0.3, -0.25) is 4.79 Å². The second-order valence-electron chi connectivity index (χ2n) is 6.25. The Balaban J connectivity index is 1.90. The Hall–Kier alpha value is -2.60. The molecule has 130 valence electrons. The number of halogens is 1. The number of carbonyl (C=O) groups excluding carboxylic acids is 1. The van der Waals surface area contributed by atoms with Crippen molar-refractivity contribution in [2.45, 2.75) is 18.6 Å². The Morgan fingerprint density at radius 2 is 1.92 bits per heavy atom. The quantitative estimate of drug-likeness (QED) is 0.911. The van der Waals surface area contributed by atoms with Crippen LogP contribution in [-0.2, 0) is 6.42 Å². The maximum Gasteiger partial charge on any atom is 0.254 e. The van der Waals surface area contributed by atoms with Crippen LogP contribution in [0.5, 0.6) is 11.5 Å². The molecule has 0 fully saturated rings. The lowest BCUT2D eigenvalue weighted by molar-refractivity contribution is 0.0197. The molecule has 0 bridgehead atoms. The maximum atomic E-state index is 14.3. The first-order valence-corrected chi connectivity index (χ1v) is 8.09. The molecule has 6 heteroatoms. The van der Waals surface area contributed by atoms with Crippen LogP contribution in [0.15, 0.2) is 30.3 Å². The van der Waals surface area contributed by atoms with E-state index in [1.54, 1.807) is 24.1 Å². The number of aliphatic hydroxyl groups is 1. The zero-order valence-electron chi connectivity index (χ0n) is 14.0. The second kappa shape index (κ2) is 5.74. The first-order chi connectivity index (χ1) is 12.1. The number of amides is 1. The minimum absolute atomic E-state index is 0.0661. The lowest BCUT2D eigenvalue weighted by atomic mass is 9.81. The molecule has 4 rings (SSSR count). The normalized spacial score (nSPS) is 21.3. The van der Waals surface area contributed by atoms with E-state index >= 15 is 0 Å². The van der Waals surface area contributed by atoms with Gasteiger partial charge in [-0.1, -0.05) is 6.07 Å². The van der Waals surface area contributed by atoms with Gasteiger partial charge in [0.2, 0.25) is 0 Å². The molecule has 1 amide bonds. The summed E-state index contributed by atoms with van der Waals surface area (Å²) in [6, 6.07) is 7.31. The minimum Gasteiger partial charge on any atom is -0.493 e. The van der Waals surface area contributed by atoms with Crippen molar-refractivity contribution >= 4 is 5.91 Å². The van der Waals surface area contributed by atoms with Gasteiger partial charge in [0.15, 0.2) is 11.5 Å². The van der Waals surface area contributed by atoms with Gasteiger partial charge in [-0.25, -0.2) is 4.39 Å². The molecule has 25 heavy (non-hydrogen) atoms. The third kappa shape index (κ3) is 2.21. The van der Waals surface area contributed by atoms with Crippen LogP contribution >= 0.6 is 0 Å². The molecular formula is C19H18FNO4. The Labute approximate surface area is 144 Å². The first-order valence-electron chi connectivity index (χ1n) is 8.09. The molecule has 0 unspecified atom stereocenters. The molecule has 2 aliphatic heterocycles. The van der Waals surface area contributed by atoms with Crippen LogP contribution in [0, 0.1) is 5.82 Å². The van der Waals surface area contributed by atoms with Gasteiger partial charge in [0.25, 0.3) is 5.91 Å². The second-order valence-corrected chi connectivity index (χ2v) is 6.25. The molecule has 2 aliphatic rings. The number of aliphatic hydroxyl groups excluding tert-OH is 1. The Morgan fingerprint density at radius 3 is 2.64 bits per heavy atom. The van der Waals surface area contributed by atoms with Gasteiger partial charge in [0.1, 0.15) is 11.9 Å². The third-order valence-corrected chi connectivity index (χ3v) is 5.06. The highest BCUT2D eigenvalue weighted by molar-refractivity contribution is 5.97. The third-order valence-electron chi connectivity index (χ3n) is 5.06. The number of rotatable bonds is 2. The van der Waals surface area contributed by atoms with Crippen LogP contribution in [0.25, 0.3) is 0 Å². The van der Waals surface area contributed by atoms with E-state index in [1.807, 2.05) is 6.07 Å². The highest BCUT2D eigenvalue weighted by Gasteiger charge is 2.44. The number of methoxy groups -OCH3 is 2. The van der Waals surface area contributed by atoms with E-state index in [-0.39, 0.29) is 17.0 Å². The van der Waals surface area contributed by atoms with E-state index in [9.17, 15) is 14.3 Å². The zero-order valence-corrected chi connectivity index (χ0v) is 14.0. The van der Waals surface area contributed by atoms with Gasteiger partial charge in [-0.15, -0.1) is 0 Å². The Morgan fingerprint density at radius 1 is 1.20 bits per heavy atom. The Kier molecular flexibility index (Phi) is 3.65. The van der Waals surface area contributed by atoms with E-state index in [2.05, 4.69) is 0 Å². The summed E-state index contributed by atoms with van der Waals surface area (Å²) in [5.41, 5.74) is 2.02. The summed E-state index contributed by atoms with van der Waals surface area (Å²) in [6.45, 7) is 0.457. The largest absolute Gasteiger partial charge is 0.493 e.